The molecule has 3 aromatic rings. The third kappa shape index (κ3) is 3.30. The van der Waals surface area contributed by atoms with Crippen molar-refractivity contribution < 1.29 is 9.53 Å². The normalized spacial score (nSPS) is 20.7. The van der Waals surface area contributed by atoms with E-state index < -0.39 is 0 Å². The number of fused-ring (bicyclic) bond motifs is 1. The van der Waals surface area contributed by atoms with Gasteiger partial charge in [-0.25, -0.2) is 0 Å². The Morgan fingerprint density at radius 2 is 1.48 bits per heavy atom. The molecule has 1 fully saturated rings. The summed E-state index contributed by atoms with van der Waals surface area (Å²) in [5, 5.41) is 0. The summed E-state index contributed by atoms with van der Waals surface area (Å²) in [6, 6.07) is 28.6. The van der Waals surface area contributed by atoms with Gasteiger partial charge in [0.2, 0.25) is 0 Å². The molecule has 3 aromatic carbocycles. The number of hydrogen-bond acceptors (Lipinski definition) is 3. The monoisotopic (exact) mass is 384 g/mol. The quantitative estimate of drug-likeness (QED) is 0.609. The largest absolute Gasteiger partial charge is 0.376 e. The number of carbonyl (C=O) groups excluding carboxylic acids is 1. The van der Waals surface area contributed by atoms with Crippen LogP contribution in [-0.2, 0) is 4.74 Å². The number of nitrogens with zero attached hydrogens (tertiary/aromatic N) is 2. The molecular weight excluding hydrogens is 360 g/mol. The van der Waals surface area contributed by atoms with Crippen LogP contribution in [0.4, 0.5) is 11.4 Å². The molecule has 0 radical (unpaired) electrons. The second-order valence-electron chi connectivity index (χ2n) is 7.59. The lowest BCUT2D eigenvalue weighted by Crippen LogP contribution is -2.41. The lowest BCUT2D eigenvalue weighted by molar-refractivity contribution is 0.0468. The molecule has 0 aromatic heterocycles. The topological polar surface area (TPSA) is 32.8 Å². The highest BCUT2D eigenvalue weighted by molar-refractivity contribution is 6.00. The summed E-state index contributed by atoms with van der Waals surface area (Å²) >= 11 is 0. The summed E-state index contributed by atoms with van der Waals surface area (Å²) in [6.07, 6.45) is 1.96. The molecule has 0 N–H and O–H groups in total. The number of ether oxygens (including phenoxy) is 1. The van der Waals surface area contributed by atoms with Crippen molar-refractivity contribution in [1.82, 2.24) is 4.90 Å². The van der Waals surface area contributed by atoms with E-state index in [1.54, 1.807) is 0 Å². The molecule has 2 atom stereocenters. The zero-order valence-electron chi connectivity index (χ0n) is 16.3. The first-order valence-corrected chi connectivity index (χ1v) is 10.2. The maximum atomic E-state index is 13.4. The predicted molar refractivity (Wildman–Crippen MR) is 114 cm³/mol. The van der Waals surface area contributed by atoms with E-state index >= 15 is 0 Å². The lowest BCUT2D eigenvalue weighted by Gasteiger charge is -2.38. The molecule has 146 valence electrons. The summed E-state index contributed by atoms with van der Waals surface area (Å²) in [5.41, 5.74) is 3.95. The van der Waals surface area contributed by atoms with Crippen LogP contribution in [0.3, 0.4) is 0 Å². The van der Waals surface area contributed by atoms with E-state index in [2.05, 4.69) is 35.2 Å². The highest BCUT2D eigenvalue weighted by Crippen LogP contribution is 2.43. The minimum Gasteiger partial charge on any atom is -0.376 e. The summed E-state index contributed by atoms with van der Waals surface area (Å²) < 4.78 is 5.89. The van der Waals surface area contributed by atoms with Crippen LogP contribution >= 0.6 is 0 Å². The van der Waals surface area contributed by atoms with Gasteiger partial charge in [-0.15, -0.1) is 0 Å². The van der Waals surface area contributed by atoms with Gasteiger partial charge in [0.15, 0.2) is 0 Å². The number of hydrogen-bond donors (Lipinski definition) is 0. The lowest BCUT2D eigenvalue weighted by atomic mass is 10.1. The van der Waals surface area contributed by atoms with Crippen LogP contribution in [0, 0.1) is 0 Å². The van der Waals surface area contributed by atoms with E-state index in [1.165, 1.54) is 0 Å². The van der Waals surface area contributed by atoms with Crippen molar-refractivity contribution >= 4 is 17.3 Å². The molecule has 1 amide bonds. The number of para-hydroxylation sites is 2. The van der Waals surface area contributed by atoms with Crippen molar-refractivity contribution in [3.05, 3.63) is 96.1 Å². The van der Waals surface area contributed by atoms with Gasteiger partial charge in [-0.2, -0.15) is 0 Å². The van der Waals surface area contributed by atoms with Gasteiger partial charge in [0, 0.05) is 35.7 Å². The summed E-state index contributed by atoms with van der Waals surface area (Å²) in [4.78, 5) is 17.7. The molecule has 0 aliphatic carbocycles. The molecule has 2 aliphatic rings. The zero-order valence-corrected chi connectivity index (χ0v) is 16.3. The van der Waals surface area contributed by atoms with Crippen LogP contribution in [0.1, 0.15) is 34.9 Å². The fourth-order valence-electron chi connectivity index (χ4n) is 4.43. The third-order valence-electron chi connectivity index (χ3n) is 5.76. The minimum atomic E-state index is -0.201. The predicted octanol–water partition coefficient (Wildman–Crippen LogP) is 5.16. The van der Waals surface area contributed by atoms with Crippen LogP contribution in [0.25, 0.3) is 0 Å². The van der Waals surface area contributed by atoms with Gasteiger partial charge in [-0.3, -0.25) is 4.79 Å². The Labute approximate surface area is 171 Å². The van der Waals surface area contributed by atoms with Crippen molar-refractivity contribution in [1.29, 1.82) is 0 Å². The fraction of sp³-hybridized carbons (Fsp3) is 0.240. The third-order valence-corrected chi connectivity index (χ3v) is 5.76. The number of rotatable bonds is 5. The van der Waals surface area contributed by atoms with Gasteiger partial charge in [0.1, 0.15) is 6.17 Å². The van der Waals surface area contributed by atoms with Crippen LogP contribution in [-0.4, -0.2) is 30.1 Å². The summed E-state index contributed by atoms with van der Waals surface area (Å²) in [7, 11) is 0. The smallest absolute Gasteiger partial charge is 0.256 e. The second-order valence-corrected chi connectivity index (χ2v) is 7.59. The van der Waals surface area contributed by atoms with Crippen molar-refractivity contribution in [2.75, 3.05) is 18.1 Å². The van der Waals surface area contributed by atoms with Gasteiger partial charge in [0.25, 0.3) is 5.91 Å². The van der Waals surface area contributed by atoms with Crippen LogP contribution < -0.4 is 4.90 Å². The molecule has 0 spiro atoms. The first kappa shape index (κ1) is 18.0. The molecular formula is C25H24N2O2. The highest BCUT2D eigenvalue weighted by Gasteiger charge is 2.42. The summed E-state index contributed by atoms with van der Waals surface area (Å²) in [6.45, 7) is 1.39. The minimum absolute atomic E-state index is 0.0814. The van der Waals surface area contributed by atoms with E-state index in [0.29, 0.717) is 6.54 Å². The average molecular weight is 384 g/mol. The van der Waals surface area contributed by atoms with Crippen LogP contribution in [0.5, 0.6) is 0 Å². The molecule has 0 unspecified atom stereocenters. The Morgan fingerprint density at radius 3 is 2.10 bits per heavy atom. The molecule has 4 nitrogen and oxygen atoms in total. The van der Waals surface area contributed by atoms with E-state index in [-0.39, 0.29) is 18.2 Å². The number of anilines is 2. The van der Waals surface area contributed by atoms with Crippen LogP contribution in [0.2, 0.25) is 0 Å². The maximum absolute atomic E-state index is 13.4. The molecule has 2 aliphatic heterocycles. The van der Waals surface area contributed by atoms with E-state index in [0.717, 1.165) is 42.0 Å². The van der Waals surface area contributed by atoms with Gasteiger partial charge >= 0.3 is 0 Å². The van der Waals surface area contributed by atoms with Gasteiger partial charge in [-0.1, -0.05) is 54.6 Å². The molecule has 0 saturated carbocycles. The number of benzene rings is 3. The van der Waals surface area contributed by atoms with Crippen LogP contribution in [0.15, 0.2) is 84.9 Å². The molecule has 29 heavy (non-hydrogen) atoms. The van der Waals surface area contributed by atoms with Gasteiger partial charge in [0.05, 0.1) is 6.10 Å². The summed E-state index contributed by atoms with van der Waals surface area (Å²) in [5.74, 6) is 0.0814. The van der Waals surface area contributed by atoms with Crippen molar-refractivity contribution in [3.63, 3.8) is 0 Å². The maximum Gasteiger partial charge on any atom is 0.256 e. The van der Waals surface area contributed by atoms with Gasteiger partial charge < -0.3 is 14.5 Å². The highest BCUT2D eigenvalue weighted by atomic mass is 16.5. The number of carbonyl (C=O) groups is 1. The Hall–Kier alpha value is -3.11. The molecule has 0 bridgehead atoms. The molecule has 1 saturated heterocycles. The van der Waals surface area contributed by atoms with E-state index in [4.69, 9.17) is 4.74 Å². The standard InChI is InChI=1S/C25H24N2O2/c28-25-23-16-8-7-15-22(23)24(26(25)18-21-14-9-17-29-21)27(19-10-3-1-4-11-19)20-12-5-2-6-13-20/h1-8,10-13,15-16,21,24H,9,14,17-18H2/t21-,24+/m0/s1. The first-order valence-electron chi connectivity index (χ1n) is 10.2. The molecule has 5 rings (SSSR count). The SMILES string of the molecule is O=C1c2ccccc2[C@@H](N(c2ccccc2)c2ccccc2)N1C[C@@H]1CCCO1. The Balaban J connectivity index is 1.64. The Bertz CT molecular complexity index is 944. The van der Waals surface area contributed by atoms with Crippen molar-refractivity contribution in [2.45, 2.75) is 25.1 Å². The number of amides is 1. The van der Waals surface area contributed by atoms with E-state index in [1.807, 2.05) is 59.5 Å². The molecule has 4 heteroatoms. The first-order chi connectivity index (χ1) is 14.3. The fourth-order valence-corrected chi connectivity index (χ4v) is 4.43. The second kappa shape index (κ2) is 7.72. The zero-order chi connectivity index (χ0) is 19.6. The van der Waals surface area contributed by atoms with Crippen molar-refractivity contribution in [3.8, 4) is 0 Å². The van der Waals surface area contributed by atoms with Gasteiger partial charge in [-0.05, 0) is 43.2 Å². The average Bonchev–Trinajstić information content (AvgIpc) is 3.39. The van der Waals surface area contributed by atoms with Crippen molar-refractivity contribution in [2.24, 2.45) is 0 Å². The Morgan fingerprint density at radius 1 is 0.862 bits per heavy atom. The molecule has 2 heterocycles. The Kier molecular flexibility index (Phi) is 4.78. The van der Waals surface area contributed by atoms with E-state index in [9.17, 15) is 4.79 Å².